The first-order valence-electron chi connectivity index (χ1n) is 4.12. The average Bonchev–Trinajstić information content (AvgIpc) is 2.75. The summed E-state index contributed by atoms with van der Waals surface area (Å²) in [4.78, 5) is 13.6. The summed E-state index contributed by atoms with van der Waals surface area (Å²) in [7, 11) is 0. The molecule has 2 aromatic rings. The molecule has 0 aliphatic carbocycles. The van der Waals surface area contributed by atoms with Gasteiger partial charge in [-0.2, -0.15) is 8.75 Å². The van der Waals surface area contributed by atoms with E-state index < -0.39 is 0 Å². The first-order chi connectivity index (χ1) is 6.75. The smallest absolute Gasteiger partial charge is 0.178 e. The van der Waals surface area contributed by atoms with Crippen LogP contribution in [0.15, 0.2) is 18.3 Å². The van der Waals surface area contributed by atoms with Crippen LogP contribution in [0.1, 0.15) is 20.2 Å². The van der Waals surface area contributed by atoms with Crippen LogP contribution >= 0.6 is 23.1 Å². The van der Waals surface area contributed by atoms with Crippen LogP contribution in [0.4, 0.5) is 0 Å². The molecular weight excluding hydrogens is 216 g/mol. The summed E-state index contributed by atoms with van der Waals surface area (Å²) in [6, 6.07) is 3.82. The zero-order chi connectivity index (χ0) is 9.97. The van der Waals surface area contributed by atoms with Gasteiger partial charge in [-0.25, -0.2) is 0 Å². The van der Waals surface area contributed by atoms with E-state index in [1.165, 1.54) is 11.3 Å². The average molecular weight is 224 g/mol. The van der Waals surface area contributed by atoms with Gasteiger partial charge in [0.25, 0.3) is 0 Å². The maximum atomic E-state index is 11.7. The molecule has 72 valence electrons. The zero-order valence-electron chi connectivity index (χ0n) is 7.56. The van der Waals surface area contributed by atoms with Gasteiger partial charge >= 0.3 is 0 Å². The van der Waals surface area contributed by atoms with Crippen LogP contribution in [0.25, 0.3) is 0 Å². The lowest BCUT2D eigenvalue weighted by Gasteiger charge is -1.92. The number of hydrogen-bond acceptors (Lipinski definition) is 5. The molecule has 0 amide bonds. The Kier molecular flexibility index (Phi) is 2.69. The van der Waals surface area contributed by atoms with Gasteiger partial charge in [-0.05, 0) is 19.1 Å². The number of rotatable bonds is 3. The van der Waals surface area contributed by atoms with Gasteiger partial charge < -0.3 is 0 Å². The highest BCUT2D eigenvalue weighted by Gasteiger charge is 2.10. The predicted molar refractivity (Wildman–Crippen MR) is 57.0 cm³/mol. The van der Waals surface area contributed by atoms with Crippen molar-refractivity contribution in [3.05, 3.63) is 33.8 Å². The highest BCUT2D eigenvalue weighted by atomic mass is 32.1. The summed E-state index contributed by atoms with van der Waals surface area (Å²) in [6.07, 6.45) is 2.00. The normalized spacial score (nSPS) is 10.4. The molecule has 2 aromatic heterocycles. The third-order valence-electron chi connectivity index (χ3n) is 1.76. The number of hydrogen-bond donors (Lipinski definition) is 0. The number of nitrogens with zero attached hydrogens (tertiary/aromatic N) is 2. The monoisotopic (exact) mass is 224 g/mol. The highest BCUT2D eigenvalue weighted by Crippen LogP contribution is 2.17. The SMILES string of the molecule is Cc1ccc(C(=O)Cc2cnsn2)s1. The molecule has 0 atom stereocenters. The highest BCUT2D eigenvalue weighted by molar-refractivity contribution is 7.14. The molecule has 3 nitrogen and oxygen atoms in total. The van der Waals surface area contributed by atoms with Gasteiger partial charge in [0.2, 0.25) is 0 Å². The van der Waals surface area contributed by atoms with Crippen molar-refractivity contribution in [3.63, 3.8) is 0 Å². The van der Waals surface area contributed by atoms with Crippen LogP contribution in [0.5, 0.6) is 0 Å². The molecule has 2 rings (SSSR count). The van der Waals surface area contributed by atoms with Crippen molar-refractivity contribution in [3.8, 4) is 0 Å². The van der Waals surface area contributed by atoms with Crippen LogP contribution in [0.2, 0.25) is 0 Å². The fourth-order valence-electron chi connectivity index (χ4n) is 1.10. The Morgan fingerprint density at radius 1 is 1.50 bits per heavy atom. The van der Waals surface area contributed by atoms with Crippen LogP contribution in [-0.4, -0.2) is 14.5 Å². The first-order valence-corrected chi connectivity index (χ1v) is 5.66. The quantitative estimate of drug-likeness (QED) is 0.751. The summed E-state index contributed by atoms with van der Waals surface area (Å²) in [5, 5.41) is 0. The number of ketones is 1. The molecule has 0 N–H and O–H groups in total. The standard InChI is InChI=1S/C9H8N2OS2/c1-6-2-3-9(13-6)8(12)4-7-5-10-14-11-7/h2-3,5H,4H2,1H3. The van der Waals surface area contributed by atoms with E-state index in [9.17, 15) is 4.79 Å². The van der Waals surface area contributed by atoms with E-state index in [0.29, 0.717) is 6.42 Å². The van der Waals surface area contributed by atoms with Gasteiger partial charge in [0, 0.05) is 4.88 Å². The fraction of sp³-hybridized carbons (Fsp3) is 0.222. The second kappa shape index (κ2) is 3.98. The van der Waals surface area contributed by atoms with Crippen molar-refractivity contribution in [2.45, 2.75) is 13.3 Å². The van der Waals surface area contributed by atoms with Crippen molar-refractivity contribution in [1.82, 2.24) is 8.75 Å². The van der Waals surface area contributed by atoms with Gasteiger partial charge in [0.15, 0.2) is 5.78 Å². The molecule has 0 aromatic carbocycles. The Bertz CT molecular complexity index is 433. The lowest BCUT2D eigenvalue weighted by atomic mass is 10.2. The molecule has 0 bridgehead atoms. The minimum absolute atomic E-state index is 0.121. The maximum absolute atomic E-state index is 11.7. The van der Waals surface area contributed by atoms with Crippen molar-refractivity contribution in [2.75, 3.05) is 0 Å². The van der Waals surface area contributed by atoms with E-state index in [4.69, 9.17) is 0 Å². The molecule has 5 heteroatoms. The van der Waals surface area contributed by atoms with Gasteiger partial charge in [-0.15, -0.1) is 11.3 Å². The summed E-state index contributed by atoms with van der Waals surface area (Å²) < 4.78 is 7.86. The molecule has 0 aliphatic rings. The lowest BCUT2D eigenvalue weighted by molar-refractivity contribution is 0.0996. The predicted octanol–water partition coefficient (Wildman–Crippen LogP) is 2.33. The first kappa shape index (κ1) is 9.48. The van der Waals surface area contributed by atoms with Crippen LogP contribution in [0.3, 0.4) is 0 Å². The molecule has 0 saturated carbocycles. The minimum atomic E-state index is 0.121. The van der Waals surface area contributed by atoms with Crippen LogP contribution in [-0.2, 0) is 6.42 Å². The lowest BCUT2D eigenvalue weighted by Crippen LogP contribution is -2.00. The molecular formula is C9H8N2OS2. The van der Waals surface area contributed by atoms with Gasteiger partial charge in [0.05, 0.1) is 34.9 Å². The maximum Gasteiger partial charge on any atom is 0.178 e. The summed E-state index contributed by atoms with van der Waals surface area (Å²) in [5.41, 5.74) is 0.756. The third kappa shape index (κ3) is 2.05. The Balaban J connectivity index is 2.10. The number of carbonyl (C=O) groups is 1. The van der Waals surface area contributed by atoms with Crippen LogP contribution in [0, 0.1) is 6.92 Å². The minimum Gasteiger partial charge on any atom is -0.293 e. The Labute approximate surface area is 89.7 Å². The topological polar surface area (TPSA) is 42.9 Å². The molecule has 0 aliphatic heterocycles. The Morgan fingerprint density at radius 3 is 2.93 bits per heavy atom. The largest absolute Gasteiger partial charge is 0.293 e. The third-order valence-corrected chi connectivity index (χ3v) is 3.32. The van der Waals surface area contributed by atoms with Crippen molar-refractivity contribution in [2.24, 2.45) is 0 Å². The van der Waals surface area contributed by atoms with Gasteiger partial charge in [-0.3, -0.25) is 4.79 Å². The summed E-state index contributed by atoms with van der Waals surface area (Å²) >= 11 is 2.66. The second-order valence-electron chi connectivity index (χ2n) is 2.91. The van der Waals surface area contributed by atoms with Crippen molar-refractivity contribution >= 4 is 28.8 Å². The van der Waals surface area contributed by atoms with Gasteiger partial charge in [-0.1, -0.05) is 0 Å². The van der Waals surface area contributed by atoms with E-state index in [-0.39, 0.29) is 5.78 Å². The molecule has 0 unspecified atom stereocenters. The number of Topliss-reactive ketones (excluding diaryl/α,β-unsaturated/α-hetero) is 1. The number of carbonyl (C=O) groups excluding carboxylic acids is 1. The van der Waals surface area contributed by atoms with E-state index in [1.807, 2.05) is 19.1 Å². The van der Waals surface area contributed by atoms with Crippen molar-refractivity contribution < 1.29 is 4.79 Å². The van der Waals surface area contributed by atoms with E-state index in [2.05, 4.69) is 8.75 Å². The van der Waals surface area contributed by atoms with Crippen LogP contribution < -0.4 is 0 Å². The number of thiophene rings is 1. The summed E-state index contributed by atoms with van der Waals surface area (Å²) in [5.74, 6) is 0.121. The Morgan fingerprint density at radius 2 is 2.36 bits per heavy atom. The van der Waals surface area contributed by atoms with Gasteiger partial charge in [0.1, 0.15) is 0 Å². The number of aryl methyl sites for hydroxylation is 1. The van der Waals surface area contributed by atoms with E-state index in [1.54, 1.807) is 6.20 Å². The summed E-state index contributed by atoms with van der Waals surface area (Å²) in [6.45, 7) is 1.99. The molecule has 0 fully saturated rings. The zero-order valence-corrected chi connectivity index (χ0v) is 9.19. The molecule has 0 spiro atoms. The molecule has 0 radical (unpaired) electrons. The molecule has 14 heavy (non-hydrogen) atoms. The molecule has 0 saturated heterocycles. The van der Waals surface area contributed by atoms with E-state index >= 15 is 0 Å². The Hall–Kier alpha value is -1.07. The fourth-order valence-corrected chi connectivity index (χ4v) is 2.34. The van der Waals surface area contributed by atoms with E-state index in [0.717, 1.165) is 27.2 Å². The second-order valence-corrected chi connectivity index (χ2v) is 4.75. The van der Waals surface area contributed by atoms with Crippen molar-refractivity contribution in [1.29, 1.82) is 0 Å². The number of aromatic nitrogens is 2. The molecule has 2 heterocycles.